The number of rotatable bonds is 12. The highest BCUT2D eigenvalue weighted by Crippen LogP contribution is 2.48. The van der Waals surface area contributed by atoms with Gasteiger partial charge in [-0.3, -0.25) is 4.90 Å². The van der Waals surface area contributed by atoms with Crippen molar-refractivity contribution in [1.29, 1.82) is 0 Å². The first kappa shape index (κ1) is 49.7. The maximum absolute atomic E-state index is 13.8. The van der Waals surface area contributed by atoms with E-state index in [1.807, 2.05) is 92.7 Å². The zero-order chi connectivity index (χ0) is 50.2. The lowest BCUT2D eigenvalue weighted by molar-refractivity contribution is -0.370. The van der Waals surface area contributed by atoms with Gasteiger partial charge >= 0.3 is 24.4 Å². The molecule has 0 bridgehead atoms. The van der Waals surface area contributed by atoms with Crippen LogP contribution in [0.15, 0.2) is 91.0 Å². The quantitative estimate of drug-likeness (QED) is 0.167. The average Bonchev–Trinajstić information content (AvgIpc) is 3.92. The Morgan fingerprint density at radius 1 is 0.685 bits per heavy atom. The lowest BCUT2D eigenvalue weighted by Crippen LogP contribution is -2.67. The molecule has 6 saturated heterocycles. The largest absolute Gasteiger partial charge is 0.447 e. The van der Waals surface area contributed by atoms with E-state index in [-0.39, 0.29) is 50.0 Å². The fraction of sp³-hybridized carbons (Fsp3) is 0.593. The molecule has 2 saturated carbocycles. The average molecular weight is 1010 g/mol. The number of carbonyl (C=O) groups is 4. The highest BCUT2D eigenvalue weighted by molar-refractivity contribution is 5.71. The number of amides is 4. The molecule has 3 aromatic carbocycles. The number of fused-ring (bicyclic) bond motifs is 5. The van der Waals surface area contributed by atoms with E-state index in [1.165, 1.54) is 4.90 Å². The van der Waals surface area contributed by atoms with Gasteiger partial charge in [0, 0.05) is 31.7 Å². The summed E-state index contributed by atoms with van der Waals surface area (Å²) in [6.45, 7) is 4.20. The summed E-state index contributed by atoms with van der Waals surface area (Å²) in [5, 5.41) is 9.13. The Bertz CT molecular complexity index is 2400. The lowest BCUT2D eigenvalue weighted by atomic mass is 9.77. The van der Waals surface area contributed by atoms with E-state index in [0.29, 0.717) is 25.7 Å². The van der Waals surface area contributed by atoms with Crippen LogP contribution in [0.4, 0.5) is 19.2 Å². The van der Waals surface area contributed by atoms with Crippen LogP contribution in [-0.2, 0) is 71.7 Å². The summed E-state index contributed by atoms with van der Waals surface area (Å²) in [6, 6.07) is 26.4. The minimum atomic E-state index is -0.967. The molecule has 8 fully saturated rings. The van der Waals surface area contributed by atoms with Gasteiger partial charge in [-0.25, -0.2) is 19.2 Å². The first-order valence-electron chi connectivity index (χ1n) is 26.0. The van der Waals surface area contributed by atoms with Gasteiger partial charge in [0.15, 0.2) is 30.8 Å². The Kier molecular flexibility index (Phi) is 14.5. The van der Waals surface area contributed by atoms with Crippen LogP contribution in [0.1, 0.15) is 75.5 Å². The normalized spacial score (nSPS) is 37.2. The molecule has 6 heterocycles. The Morgan fingerprint density at radius 3 is 1.97 bits per heavy atom. The van der Waals surface area contributed by atoms with Crippen molar-refractivity contribution < 1.29 is 71.3 Å². The van der Waals surface area contributed by atoms with E-state index < -0.39 is 110 Å². The fourth-order valence-electron chi connectivity index (χ4n) is 12.3. The maximum Gasteiger partial charge on any atom is 0.410 e. The van der Waals surface area contributed by atoms with Gasteiger partial charge in [-0.2, -0.15) is 0 Å². The number of nitrogens with zero attached hydrogens (tertiary/aromatic N) is 1. The second kappa shape index (κ2) is 21.4. The summed E-state index contributed by atoms with van der Waals surface area (Å²) in [6.07, 6.45) is -4.55. The third-order valence-electron chi connectivity index (χ3n) is 16.1. The van der Waals surface area contributed by atoms with Crippen molar-refractivity contribution in [3.8, 4) is 0 Å². The van der Waals surface area contributed by atoms with Crippen molar-refractivity contribution in [3.63, 3.8) is 0 Å². The van der Waals surface area contributed by atoms with Crippen LogP contribution in [0.5, 0.6) is 0 Å². The van der Waals surface area contributed by atoms with Crippen molar-refractivity contribution in [2.45, 2.75) is 170 Å². The topological polar surface area (TPSA) is 209 Å². The van der Waals surface area contributed by atoms with Gasteiger partial charge in [-0.15, -0.1) is 0 Å². The molecule has 3 aromatic rings. The minimum Gasteiger partial charge on any atom is -0.447 e. The van der Waals surface area contributed by atoms with Gasteiger partial charge in [0.25, 0.3) is 0 Å². The van der Waals surface area contributed by atoms with E-state index in [9.17, 15) is 19.2 Å². The summed E-state index contributed by atoms with van der Waals surface area (Å²) in [7, 11) is 1.64. The maximum atomic E-state index is 13.8. The third-order valence-corrected chi connectivity index (χ3v) is 16.1. The Balaban J connectivity index is 0.830. The number of hydrogen-bond donors (Lipinski definition) is 3. The number of cyclic esters (lactones) is 1. The lowest BCUT2D eigenvalue weighted by Gasteiger charge is -2.52. The van der Waals surface area contributed by atoms with Crippen LogP contribution < -0.4 is 16.0 Å². The molecule has 17 atom stereocenters. The minimum absolute atomic E-state index is 0.0350. The van der Waals surface area contributed by atoms with Gasteiger partial charge < -0.3 is 68.1 Å². The Labute approximate surface area is 424 Å². The third kappa shape index (κ3) is 10.6. The molecule has 19 heteroatoms. The molecule has 4 amide bonds. The first-order valence-corrected chi connectivity index (χ1v) is 26.0. The molecular weight excluding hydrogens is 945 g/mol. The zero-order valence-electron chi connectivity index (χ0n) is 41.3. The van der Waals surface area contributed by atoms with Crippen LogP contribution >= 0.6 is 0 Å². The summed E-state index contributed by atoms with van der Waals surface area (Å²) in [5.74, 6) is -1.51. The van der Waals surface area contributed by atoms with Crippen LogP contribution in [-0.4, -0.2) is 134 Å². The van der Waals surface area contributed by atoms with Crippen LogP contribution in [0, 0.1) is 17.8 Å². The van der Waals surface area contributed by atoms with Gasteiger partial charge in [-0.1, -0.05) is 111 Å². The summed E-state index contributed by atoms with van der Waals surface area (Å²) < 4.78 is 71.1. The standard InChI is InChI=1S/C54H66N4O15/c1-30-24-38-44(45-41(58(3)53(62)70-45)49(66-38)71-48-31(2)35(25-32-16-8-4-9-17-32)40-39(67-48)29-65-52(61)57-40)69-47(30)68-42-36(55-50(59)63-27-33-18-10-5-11-19-33)26-37(56-51(60)64-28-34-20-12-6-13-21-34)43-46(42)73-54(72-43)22-14-7-15-23-54/h4-6,8-13,16-21,30-31,35-49H,7,14-15,22-29H2,1-3H3,(H,55,59)(H,56,60)(H,57,61)/t30?,31?,35-,36?,37-,38+,39?,40+,41?,42-,43?,44?,45?,46+,47+,48-,49?/m1/s1. The monoisotopic (exact) mass is 1010 g/mol. The van der Waals surface area contributed by atoms with Crippen molar-refractivity contribution in [3.05, 3.63) is 108 Å². The second-order valence-electron chi connectivity index (χ2n) is 20.9. The highest BCUT2D eigenvalue weighted by atomic mass is 16.8. The van der Waals surface area contributed by atoms with Gasteiger partial charge in [0.05, 0.1) is 24.2 Å². The predicted octanol–water partition coefficient (Wildman–Crippen LogP) is 6.45. The fourth-order valence-corrected chi connectivity index (χ4v) is 12.3. The number of nitrogens with one attached hydrogen (secondary N) is 3. The molecule has 6 aliphatic heterocycles. The summed E-state index contributed by atoms with van der Waals surface area (Å²) >= 11 is 0. The van der Waals surface area contributed by atoms with E-state index in [0.717, 1.165) is 36.0 Å². The number of hydrogen-bond acceptors (Lipinski definition) is 15. The molecule has 3 N–H and O–H groups in total. The zero-order valence-corrected chi connectivity index (χ0v) is 41.3. The second-order valence-corrected chi connectivity index (χ2v) is 20.9. The van der Waals surface area contributed by atoms with Gasteiger partial charge in [0.1, 0.15) is 56.4 Å². The molecule has 8 aliphatic rings. The number of ether oxygens (including phenoxy) is 11. The molecule has 11 rings (SSSR count). The molecular formula is C54H66N4O15. The molecule has 0 aromatic heterocycles. The number of alkyl carbamates (subject to hydrolysis) is 3. The number of benzene rings is 3. The molecule has 392 valence electrons. The Hall–Kier alpha value is -5.54. The number of carbonyl (C=O) groups excluding carboxylic acids is 4. The number of likely N-dealkylation sites (N-methyl/N-ethyl adjacent to an activating group) is 1. The van der Waals surface area contributed by atoms with E-state index in [2.05, 4.69) is 28.1 Å². The SMILES string of the molecule is CC1C[C@@H]2OC(O[C@H]3OC4COC(=O)N[C@H]4[C@H](Cc4ccccc4)C3C)C3C(OC(=O)N3C)C2O[C@@H]1O[C@@H]1C(NC(=O)OCc2ccccc2)C[C@@H](NC(=O)OCc2ccccc2)C2OC3(CCCCC3)O[C@H]21. The molecule has 9 unspecified atom stereocenters. The van der Waals surface area contributed by atoms with Crippen molar-refractivity contribution in [2.75, 3.05) is 13.7 Å². The molecule has 1 spiro atoms. The molecule has 0 radical (unpaired) electrons. The van der Waals surface area contributed by atoms with E-state index in [4.69, 9.17) is 52.1 Å². The molecule has 2 aliphatic carbocycles. The predicted molar refractivity (Wildman–Crippen MR) is 256 cm³/mol. The van der Waals surface area contributed by atoms with E-state index in [1.54, 1.807) is 7.05 Å². The van der Waals surface area contributed by atoms with Gasteiger partial charge in [-0.05, 0) is 54.7 Å². The highest BCUT2D eigenvalue weighted by Gasteiger charge is 2.63. The van der Waals surface area contributed by atoms with E-state index >= 15 is 0 Å². The smallest absolute Gasteiger partial charge is 0.410 e. The van der Waals surface area contributed by atoms with Crippen LogP contribution in [0.3, 0.4) is 0 Å². The summed E-state index contributed by atoms with van der Waals surface area (Å²) in [4.78, 5) is 54.9. The van der Waals surface area contributed by atoms with Gasteiger partial charge in [0.2, 0.25) is 0 Å². The molecule has 19 nitrogen and oxygen atoms in total. The summed E-state index contributed by atoms with van der Waals surface area (Å²) in [5.41, 5.74) is 2.76. The van der Waals surface area contributed by atoms with Crippen molar-refractivity contribution in [1.82, 2.24) is 20.9 Å². The van der Waals surface area contributed by atoms with Crippen LogP contribution in [0.25, 0.3) is 0 Å². The Morgan fingerprint density at radius 2 is 1.30 bits per heavy atom. The van der Waals surface area contributed by atoms with Crippen molar-refractivity contribution >= 4 is 24.4 Å². The molecule has 73 heavy (non-hydrogen) atoms. The first-order chi connectivity index (χ1) is 35.5. The van der Waals surface area contributed by atoms with Crippen molar-refractivity contribution in [2.24, 2.45) is 17.8 Å². The van der Waals surface area contributed by atoms with Crippen LogP contribution in [0.2, 0.25) is 0 Å².